The Morgan fingerprint density at radius 3 is 2.85 bits per heavy atom. The van der Waals surface area contributed by atoms with Gasteiger partial charge in [-0.15, -0.1) is 11.3 Å². The quantitative estimate of drug-likeness (QED) is 0.649. The molecule has 1 heterocycles. The molecule has 0 radical (unpaired) electrons. The topological polar surface area (TPSA) is 105 Å². The van der Waals surface area contributed by atoms with Crippen LogP contribution in [0.25, 0.3) is 0 Å². The number of carboxylic acids is 1. The number of thiazole rings is 1. The number of halogens is 1. The Kier molecular flexibility index (Phi) is 4.16. The van der Waals surface area contributed by atoms with Crippen LogP contribution in [0.5, 0.6) is 0 Å². The molecule has 9 heteroatoms. The predicted molar refractivity (Wildman–Crippen MR) is 74.5 cm³/mol. The molecule has 2 rings (SSSR count). The first-order chi connectivity index (χ1) is 9.49. The second-order valence-corrected chi connectivity index (χ2v) is 5.39. The van der Waals surface area contributed by atoms with Crippen LogP contribution in [0.15, 0.2) is 24.4 Å². The van der Waals surface area contributed by atoms with Crippen molar-refractivity contribution in [2.75, 3.05) is 5.32 Å². The Labute approximate surface area is 122 Å². The standard InChI is InChI=1S/C11H8ClN3O4S/c12-11-14-5-6(20-11)4-13-8-3-1-2-7(10(16)17)9(8)15(18)19/h1-3,5,13H,4H2,(H,16,17). The normalized spacial score (nSPS) is 10.2. The second-order valence-electron chi connectivity index (χ2n) is 3.70. The van der Waals surface area contributed by atoms with Gasteiger partial charge in [-0.25, -0.2) is 9.78 Å². The third-order valence-electron chi connectivity index (χ3n) is 2.43. The molecule has 1 aromatic carbocycles. The lowest BCUT2D eigenvalue weighted by atomic mass is 10.1. The van der Waals surface area contributed by atoms with E-state index in [4.69, 9.17) is 16.7 Å². The van der Waals surface area contributed by atoms with Gasteiger partial charge in [0.1, 0.15) is 11.3 Å². The molecule has 0 aliphatic rings. The number of nitro benzene ring substituents is 1. The number of anilines is 1. The molecule has 0 fully saturated rings. The van der Waals surface area contributed by atoms with Gasteiger partial charge >= 0.3 is 11.7 Å². The van der Waals surface area contributed by atoms with Gasteiger partial charge in [0, 0.05) is 11.1 Å². The van der Waals surface area contributed by atoms with Crippen LogP contribution in [0.1, 0.15) is 15.2 Å². The molecule has 1 aromatic heterocycles. The van der Waals surface area contributed by atoms with Crippen LogP contribution >= 0.6 is 22.9 Å². The summed E-state index contributed by atoms with van der Waals surface area (Å²) in [5, 5.41) is 22.8. The molecule has 0 aliphatic carbocycles. The van der Waals surface area contributed by atoms with Crippen molar-refractivity contribution in [2.45, 2.75) is 6.54 Å². The van der Waals surface area contributed by atoms with E-state index < -0.39 is 16.6 Å². The fourth-order valence-corrected chi connectivity index (χ4v) is 2.52. The molecule has 0 spiro atoms. The van der Waals surface area contributed by atoms with Gasteiger partial charge in [0.15, 0.2) is 4.47 Å². The average molecular weight is 314 g/mol. The molecular weight excluding hydrogens is 306 g/mol. The second kappa shape index (κ2) is 5.85. The molecule has 0 atom stereocenters. The molecule has 0 saturated carbocycles. The van der Waals surface area contributed by atoms with Crippen LogP contribution in [0, 0.1) is 10.1 Å². The van der Waals surface area contributed by atoms with E-state index in [0.29, 0.717) is 4.47 Å². The van der Waals surface area contributed by atoms with Crippen LogP contribution < -0.4 is 5.32 Å². The summed E-state index contributed by atoms with van der Waals surface area (Å²) in [6.45, 7) is 0.272. The summed E-state index contributed by atoms with van der Waals surface area (Å²) < 4.78 is 0.371. The van der Waals surface area contributed by atoms with E-state index in [9.17, 15) is 14.9 Å². The zero-order valence-electron chi connectivity index (χ0n) is 9.87. The Hall–Kier alpha value is -2.19. The van der Waals surface area contributed by atoms with Crippen molar-refractivity contribution in [3.05, 3.63) is 49.4 Å². The maximum atomic E-state index is 11.0. The van der Waals surface area contributed by atoms with E-state index >= 15 is 0 Å². The number of hydrogen-bond donors (Lipinski definition) is 2. The lowest BCUT2D eigenvalue weighted by molar-refractivity contribution is -0.384. The molecule has 0 aliphatic heterocycles. The Bertz CT molecular complexity index is 673. The van der Waals surface area contributed by atoms with Crippen LogP contribution in [0.3, 0.4) is 0 Å². The largest absolute Gasteiger partial charge is 0.477 e. The highest BCUT2D eigenvalue weighted by Crippen LogP contribution is 2.29. The van der Waals surface area contributed by atoms with Crippen LogP contribution in [0.2, 0.25) is 4.47 Å². The lowest BCUT2D eigenvalue weighted by Crippen LogP contribution is -2.07. The van der Waals surface area contributed by atoms with Crippen LogP contribution in [-0.4, -0.2) is 21.0 Å². The number of para-hydroxylation sites is 1. The number of carboxylic acid groups (broad SMARTS) is 1. The first-order valence-corrected chi connectivity index (χ1v) is 6.53. The smallest absolute Gasteiger partial charge is 0.342 e. The van der Waals surface area contributed by atoms with Gasteiger partial charge in [0.2, 0.25) is 0 Å². The molecule has 0 unspecified atom stereocenters. The first kappa shape index (κ1) is 14.2. The fourth-order valence-electron chi connectivity index (χ4n) is 1.60. The summed E-state index contributed by atoms with van der Waals surface area (Å²) >= 11 is 6.92. The first-order valence-electron chi connectivity index (χ1n) is 5.34. The number of benzene rings is 1. The van der Waals surface area contributed by atoms with Crippen molar-refractivity contribution >= 4 is 40.3 Å². The minimum absolute atomic E-state index is 0.138. The van der Waals surface area contributed by atoms with E-state index in [-0.39, 0.29) is 17.8 Å². The number of carbonyl (C=O) groups is 1. The predicted octanol–water partition coefficient (Wildman–Crippen LogP) is 3.02. The lowest BCUT2D eigenvalue weighted by Gasteiger charge is -2.07. The Morgan fingerprint density at radius 1 is 1.55 bits per heavy atom. The van der Waals surface area contributed by atoms with Crippen molar-refractivity contribution in [3.63, 3.8) is 0 Å². The summed E-state index contributed by atoms with van der Waals surface area (Å²) in [7, 11) is 0. The highest BCUT2D eigenvalue weighted by Gasteiger charge is 2.23. The minimum Gasteiger partial charge on any atom is -0.477 e. The van der Waals surface area contributed by atoms with Gasteiger partial charge in [-0.1, -0.05) is 17.7 Å². The Morgan fingerprint density at radius 2 is 2.30 bits per heavy atom. The summed E-state index contributed by atoms with van der Waals surface area (Å²) in [6, 6.07) is 4.08. The van der Waals surface area contributed by atoms with E-state index in [1.807, 2.05) is 0 Å². The number of nitro groups is 1. The SMILES string of the molecule is O=C(O)c1cccc(NCc2cnc(Cl)s2)c1[N+](=O)[O-]. The molecular formula is C11H8ClN3O4S. The number of aromatic carboxylic acids is 1. The fraction of sp³-hybridized carbons (Fsp3) is 0.0909. The van der Waals surface area contributed by atoms with Gasteiger partial charge < -0.3 is 10.4 Å². The molecule has 104 valence electrons. The number of nitrogens with zero attached hydrogens (tertiary/aromatic N) is 2. The number of aromatic nitrogens is 1. The number of nitrogens with one attached hydrogen (secondary N) is 1. The van der Waals surface area contributed by atoms with Crippen molar-refractivity contribution in [2.24, 2.45) is 0 Å². The Balaban J connectivity index is 2.29. The van der Waals surface area contributed by atoms with Crippen molar-refractivity contribution in [1.29, 1.82) is 0 Å². The minimum atomic E-state index is -1.35. The molecule has 0 amide bonds. The third kappa shape index (κ3) is 3.03. The van der Waals surface area contributed by atoms with Gasteiger partial charge in [0.25, 0.3) is 0 Å². The molecule has 20 heavy (non-hydrogen) atoms. The van der Waals surface area contributed by atoms with Crippen molar-refractivity contribution in [3.8, 4) is 0 Å². The third-order valence-corrected chi connectivity index (χ3v) is 3.54. The van der Waals surface area contributed by atoms with E-state index in [1.54, 1.807) is 6.20 Å². The highest BCUT2D eigenvalue weighted by atomic mass is 35.5. The summed E-state index contributed by atoms with van der Waals surface area (Å²) in [5.41, 5.74) is -0.683. The van der Waals surface area contributed by atoms with Gasteiger partial charge in [-0.05, 0) is 12.1 Å². The molecule has 0 bridgehead atoms. The van der Waals surface area contributed by atoms with Crippen LogP contribution in [-0.2, 0) is 6.54 Å². The average Bonchev–Trinajstić information content (AvgIpc) is 2.81. The number of hydrogen-bond acceptors (Lipinski definition) is 6. The zero-order chi connectivity index (χ0) is 14.7. The van der Waals surface area contributed by atoms with Gasteiger partial charge in [-0.3, -0.25) is 10.1 Å². The summed E-state index contributed by atoms with van der Waals surface area (Å²) in [5.74, 6) is -1.35. The van der Waals surface area contributed by atoms with E-state index in [1.165, 1.54) is 29.5 Å². The maximum Gasteiger partial charge on any atom is 0.342 e. The highest BCUT2D eigenvalue weighted by molar-refractivity contribution is 7.15. The van der Waals surface area contributed by atoms with Crippen molar-refractivity contribution in [1.82, 2.24) is 4.98 Å². The van der Waals surface area contributed by atoms with E-state index in [0.717, 1.165) is 4.88 Å². The summed E-state index contributed by atoms with van der Waals surface area (Å²) in [4.78, 5) is 25.9. The van der Waals surface area contributed by atoms with E-state index in [2.05, 4.69) is 10.3 Å². The molecule has 0 saturated heterocycles. The maximum absolute atomic E-state index is 11.0. The van der Waals surface area contributed by atoms with Crippen LogP contribution in [0.4, 0.5) is 11.4 Å². The zero-order valence-corrected chi connectivity index (χ0v) is 11.4. The molecule has 7 nitrogen and oxygen atoms in total. The monoisotopic (exact) mass is 313 g/mol. The molecule has 2 aromatic rings. The van der Waals surface area contributed by atoms with Crippen molar-refractivity contribution < 1.29 is 14.8 Å². The van der Waals surface area contributed by atoms with Gasteiger partial charge in [-0.2, -0.15) is 0 Å². The van der Waals surface area contributed by atoms with Gasteiger partial charge in [0.05, 0.1) is 11.5 Å². The summed E-state index contributed by atoms with van der Waals surface area (Å²) in [6.07, 6.45) is 1.55. The number of rotatable bonds is 5. The molecule has 2 N–H and O–H groups in total.